The van der Waals surface area contributed by atoms with Gasteiger partial charge in [-0.3, -0.25) is 4.31 Å². The summed E-state index contributed by atoms with van der Waals surface area (Å²) in [5, 5.41) is 11.4. The van der Waals surface area contributed by atoms with E-state index in [2.05, 4.69) is 20.5 Å². The zero-order chi connectivity index (χ0) is 33.4. The molecule has 2 heterocycles. The van der Waals surface area contributed by atoms with Crippen molar-refractivity contribution in [1.29, 1.82) is 0 Å². The lowest BCUT2D eigenvalue weighted by molar-refractivity contribution is 0.0443. The second-order valence-electron chi connectivity index (χ2n) is 11.9. The summed E-state index contributed by atoms with van der Waals surface area (Å²) in [5.74, 6) is 0.0927. The number of carbonyl (C=O) groups excluding carboxylic acids is 1. The van der Waals surface area contributed by atoms with E-state index in [1.165, 1.54) is 45.7 Å². The first-order chi connectivity index (χ1) is 20.8. The van der Waals surface area contributed by atoms with Crippen LogP contribution in [-0.2, 0) is 36.9 Å². The molecule has 0 bridgehead atoms. The van der Waals surface area contributed by atoms with E-state index in [0.717, 1.165) is 24.4 Å². The third kappa shape index (κ3) is 7.69. The Morgan fingerprint density at radius 3 is 2.22 bits per heavy atom. The van der Waals surface area contributed by atoms with Crippen molar-refractivity contribution in [3.8, 4) is 22.8 Å². The van der Waals surface area contributed by atoms with Crippen LogP contribution in [0.3, 0.4) is 0 Å². The fourth-order valence-electron chi connectivity index (χ4n) is 4.36. The number of nitrogens with one attached hydrogen (secondary N) is 1. The standard InChI is InChI=1S/C29H37N7O7S2/c1-28(2,3)43-27(37)31-29(4,19-20-12-10-9-11-13-20)26-33-32-25(42-26)22-16-21(17-23(18-22)35(7)44(8,38)39)24-30-14-15-36(24)45(40,41)34(5)6/h9-18H,19H2,1-8H3,(H,31,37). The molecule has 4 aromatic rings. The lowest BCUT2D eigenvalue weighted by Crippen LogP contribution is -2.47. The molecule has 0 fully saturated rings. The van der Waals surface area contributed by atoms with Crippen LogP contribution in [-0.4, -0.2) is 79.4 Å². The first-order valence-corrected chi connectivity index (χ1v) is 17.0. The van der Waals surface area contributed by atoms with Crippen molar-refractivity contribution in [3.05, 3.63) is 72.4 Å². The summed E-state index contributed by atoms with van der Waals surface area (Å²) in [5.41, 5.74) is -0.342. The van der Waals surface area contributed by atoms with Gasteiger partial charge >= 0.3 is 16.3 Å². The van der Waals surface area contributed by atoms with Gasteiger partial charge in [-0.15, -0.1) is 10.2 Å². The number of amides is 1. The Labute approximate surface area is 263 Å². The van der Waals surface area contributed by atoms with E-state index in [1.54, 1.807) is 33.8 Å². The molecule has 4 rings (SSSR count). The monoisotopic (exact) mass is 659 g/mol. The maximum absolute atomic E-state index is 13.0. The van der Waals surface area contributed by atoms with Crippen molar-refractivity contribution >= 4 is 32.0 Å². The SMILES string of the molecule is CN(c1cc(-c2nnc(C(C)(Cc3ccccc3)NC(=O)OC(C)(C)C)o2)cc(-c2nccn2S(=O)(=O)N(C)C)c1)S(C)(=O)=O. The summed E-state index contributed by atoms with van der Waals surface area (Å²) >= 11 is 0. The van der Waals surface area contributed by atoms with E-state index in [0.29, 0.717) is 0 Å². The molecule has 14 nitrogen and oxygen atoms in total. The molecule has 0 radical (unpaired) electrons. The molecule has 45 heavy (non-hydrogen) atoms. The minimum atomic E-state index is -3.97. The van der Waals surface area contributed by atoms with Crippen molar-refractivity contribution in [3.63, 3.8) is 0 Å². The summed E-state index contributed by atoms with van der Waals surface area (Å²) in [6.45, 7) is 6.97. The Hall–Kier alpha value is -4.28. The lowest BCUT2D eigenvalue weighted by Gasteiger charge is -2.29. The molecule has 0 aliphatic rings. The van der Waals surface area contributed by atoms with Gasteiger partial charge < -0.3 is 14.5 Å². The molecule has 0 saturated heterocycles. The number of anilines is 1. The number of nitrogens with zero attached hydrogens (tertiary/aromatic N) is 6. The van der Waals surface area contributed by atoms with Crippen LogP contribution >= 0.6 is 0 Å². The van der Waals surface area contributed by atoms with Gasteiger partial charge in [-0.2, -0.15) is 12.7 Å². The second-order valence-corrected chi connectivity index (χ2v) is 15.9. The minimum Gasteiger partial charge on any atom is -0.444 e. The predicted octanol–water partition coefficient (Wildman–Crippen LogP) is 3.63. The maximum Gasteiger partial charge on any atom is 0.408 e. The van der Waals surface area contributed by atoms with Gasteiger partial charge in [0.1, 0.15) is 11.1 Å². The topological polar surface area (TPSA) is 170 Å². The zero-order valence-corrected chi connectivity index (χ0v) is 28.0. The van der Waals surface area contributed by atoms with Crippen LogP contribution in [0.1, 0.15) is 39.1 Å². The van der Waals surface area contributed by atoms with Gasteiger partial charge in [0.15, 0.2) is 5.82 Å². The highest BCUT2D eigenvalue weighted by atomic mass is 32.2. The Balaban J connectivity index is 1.85. The molecular weight excluding hydrogens is 622 g/mol. The van der Waals surface area contributed by atoms with E-state index in [9.17, 15) is 21.6 Å². The van der Waals surface area contributed by atoms with Gasteiger partial charge in [0, 0.05) is 51.1 Å². The number of aromatic nitrogens is 4. The van der Waals surface area contributed by atoms with E-state index in [1.807, 2.05) is 30.3 Å². The molecule has 1 N–H and O–H groups in total. The van der Waals surface area contributed by atoms with E-state index in [-0.39, 0.29) is 40.8 Å². The number of ether oxygens (including phenoxy) is 1. The van der Waals surface area contributed by atoms with Crippen LogP contribution in [0, 0.1) is 0 Å². The van der Waals surface area contributed by atoms with Gasteiger partial charge in [-0.05, 0) is 51.5 Å². The molecule has 2 aromatic heterocycles. The maximum atomic E-state index is 13.0. The van der Waals surface area contributed by atoms with Crippen molar-refractivity contribution in [2.75, 3.05) is 31.7 Å². The average molecular weight is 660 g/mol. The number of rotatable bonds is 10. The average Bonchev–Trinajstić information content (AvgIpc) is 3.62. The first kappa shape index (κ1) is 33.6. The third-order valence-corrected chi connectivity index (χ3v) is 9.60. The zero-order valence-electron chi connectivity index (χ0n) is 26.3. The number of sulfonamides is 1. The molecule has 1 atom stereocenters. The van der Waals surface area contributed by atoms with Crippen LogP contribution in [0.4, 0.5) is 10.5 Å². The minimum absolute atomic E-state index is 0.00570. The number of imidazole rings is 1. The van der Waals surface area contributed by atoms with Crippen LogP contribution in [0.15, 0.2) is 65.3 Å². The molecule has 0 aliphatic carbocycles. The normalized spacial score (nSPS) is 13.8. The van der Waals surface area contributed by atoms with E-state index in [4.69, 9.17) is 9.15 Å². The Morgan fingerprint density at radius 2 is 1.62 bits per heavy atom. The first-order valence-electron chi connectivity index (χ1n) is 13.8. The highest BCUT2D eigenvalue weighted by Crippen LogP contribution is 2.34. The van der Waals surface area contributed by atoms with Gasteiger partial charge in [0.25, 0.3) is 0 Å². The number of alkyl carbamates (subject to hydrolysis) is 1. The van der Waals surface area contributed by atoms with Crippen molar-refractivity contribution in [2.24, 2.45) is 0 Å². The second kappa shape index (κ2) is 12.3. The van der Waals surface area contributed by atoms with E-state index < -0.39 is 37.5 Å². The smallest absolute Gasteiger partial charge is 0.408 e. The summed E-state index contributed by atoms with van der Waals surface area (Å²) in [7, 11) is -3.56. The highest BCUT2D eigenvalue weighted by molar-refractivity contribution is 7.92. The lowest BCUT2D eigenvalue weighted by atomic mass is 9.92. The molecule has 0 spiro atoms. The summed E-state index contributed by atoms with van der Waals surface area (Å²) in [6, 6.07) is 14.0. The van der Waals surface area contributed by atoms with Gasteiger partial charge in [0.05, 0.1) is 11.9 Å². The number of carbonyl (C=O) groups is 1. The molecule has 1 amide bonds. The van der Waals surface area contributed by atoms with Crippen molar-refractivity contribution in [1.82, 2.24) is 28.8 Å². The van der Waals surface area contributed by atoms with Gasteiger partial charge in [-0.1, -0.05) is 30.3 Å². The Morgan fingerprint density at radius 1 is 0.978 bits per heavy atom. The number of hydrogen-bond donors (Lipinski definition) is 1. The van der Waals surface area contributed by atoms with Crippen LogP contribution in [0.5, 0.6) is 0 Å². The predicted molar refractivity (Wildman–Crippen MR) is 169 cm³/mol. The van der Waals surface area contributed by atoms with Crippen molar-refractivity contribution < 1.29 is 30.8 Å². The molecule has 242 valence electrons. The third-order valence-electron chi connectivity index (χ3n) is 6.68. The fraction of sp³-hybridized carbons (Fsp3) is 0.379. The van der Waals surface area contributed by atoms with Gasteiger partial charge in [-0.25, -0.2) is 22.2 Å². The highest BCUT2D eigenvalue weighted by Gasteiger charge is 2.37. The molecular formula is C29H37N7O7S2. The van der Waals surface area contributed by atoms with Crippen LogP contribution < -0.4 is 9.62 Å². The van der Waals surface area contributed by atoms with Crippen LogP contribution in [0.2, 0.25) is 0 Å². The number of benzene rings is 2. The Kier molecular flexibility index (Phi) is 9.15. The number of hydrogen-bond acceptors (Lipinski definition) is 10. The molecule has 0 saturated carbocycles. The van der Waals surface area contributed by atoms with Crippen LogP contribution in [0.25, 0.3) is 22.8 Å². The molecule has 1 unspecified atom stereocenters. The summed E-state index contributed by atoms with van der Waals surface area (Å²) in [4.78, 5) is 17.2. The van der Waals surface area contributed by atoms with E-state index >= 15 is 0 Å². The fourth-order valence-corrected chi connectivity index (χ4v) is 5.78. The quantitative estimate of drug-likeness (QED) is 0.265. The molecule has 0 aliphatic heterocycles. The van der Waals surface area contributed by atoms with Crippen molar-refractivity contribution in [2.45, 2.75) is 45.3 Å². The molecule has 16 heteroatoms. The largest absolute Gasteiger partial charge is 0.444 e. The van der Waals surface area contributed by atoms with Gasteiger partial charge in [0.2, 0.25) is 21.8 Å². The molecule has 2 aromatic carbocycles. The summed E-state index contributed by atoms with van der Waals surface area (Å²) in [6.07, 6.45) is 3.24. The Bertz CT molecular complexity index is 1900. The summed E-state index contributed by atoms with van der Waals surface area (Å²) < 4.78 is 65.7.